The molecule has 2 aromatic heterocycles. The summed E-state index contributed by atoms with van der Waals surface area (Å²) in [5.74, 6) is 2.41. The summed E-state index contributed by atoms with van der Waals surface area (Å²) in [5, 5.41) is 0. The zero-order valence-electron chi connectivity index (χ0n) is 12.7. The van der Waals surface area contributed by atoms with E-state index in [-0.39, 0.29) is 5.91 Å². The van der Waals surface area contributed by atoms with Crippen LogP contribution in [0, 0.1) is 13.8 Å². The molecule has 22 heavy (non-hydrogen) atoms. The van der Waals surface area contributed by atoms with Crippen LogP contribution in [0.1, 0.15) is 21.9 Å². The highest BCUT2D eigenvalue weighted by atomic mass is 79.9. The number of aromatic nitrogens is 1. The largest absolute Gasteiger partial charge is 0.465 e. The molecule has 6 heteroatoms. The van der Waals surface area contributed by atoms with Gasteiger partial charge in [0.15, 0.2) is 0 Å². The molecule has 2 aromatic rings. The van der Waals surface area contributed by atoms with E-state index in [1.54, 1.807) is 6.20 Å². The topological polar surface area (TPSA) is 49.6 Å². The van der Waals surface area contributed by atoms with Crippen molar-refractivity contribution in [3.05, 3.63) is 46.0 Å². The zero-order chi connectivity index (χ0) is 15.7. The van der Waals surface area contributed by atoms with E-state index in [0.29, 0.717) is 24.4 Å². The molecule has 0 atom stereocenters. The first kappa shape index (κ1) is 15.1. The Hall–Kier alpha value is -1.82. The minimum Gasteiger partial charge on any atom is -0.465 e. The van der Waals surface area contributed by atoms with Crippen molar-refractivity contribution in [2.45, 2.75) is 13.8 Å². The molecule has 0 radical (unpaired) electrons. The lowest BCUT2D eigenvalue weighted by molar-refractivity contribution is 0.0744. The van der Waals surface area contributed by atoms with Crippen LogP contribution in [-0.4, -0.2) is 42.0 Å². The van der Waals surface area contributed by atoms with Crippen molar-refractivity contribution in [3.63, 3.8) is 0 Å². The number of hydrogen-bond donors (Lipinski definition) is 0. The molecule has 1 saturated heterocycles. The first-order valence-electron chi connectivity index (χ1n) is 7.28. The molecular weight excluding hydrogens is 346 g/mol. The molecule has 0 spiro atoms. The predicted octanol–water partition coefficient (Wildman–Crippen LogP) is 3.02. The third-order valence-corrected chi connectivity index (χ3v) is 4.90. The Morgan fingerprint density at radius 3 is 2.45 bits per heavy atom. The number of furan rings is 1. The molecule has 1 aliphatic heterocycles. The minimum absolute atomic E-state index is 0.0295. The maximum atomic E-state index is 12.7. The van der Waals surface area contributed by atoms with Gasteiger partial charge < -0.3 is 14.2 Å². The second kappa shape index (κ2) is 6.12. The van der Waals surface area contributed by atoms with Crippen molar-refractivity contribution in [3.8, 4) is 0 Å². The number of pyridine rings is 1. The molecule has 1 aliphatic rings. The summed E-state index contributed by atoms with van der Waals surface area (Å²) in [6.45, 7) is 6.63. The predicted molar refractivity (Wildman–Crippen MR) is 88.2 cm³/mol. The lowest BCUT2D eigenvalue weighted by Gasteiger charge is -2.35. The van der Waals surface area contributed by atoms with Crippen LogP contribution in [0.5, 0.6) is 0 Å². The average molecular weight is 364 g/mol. The molecule has 116 valence electrons. The molecule has 0 saturated carbocycles. The van der Waals surface area contributed by atoms with Crippen LogP contribution in [0.25, 0.3) is 0 Å². The molecule has 0 unspecified atom stereocenters. The molecule has 3 rings (SSSR count). The second-order valence-corrected chi connectivity index (χ2v) is 6.16. The molecule has 1 fully saturated rings. The fourth-order valence-electron chi connectivity index (χ4n) is 2.74. The second-order valence-electron chi connectivity index (χ2n) is 5.37. The summed E-state index contributed by atoms with van der Waals surface area (Å²) >= 11 is 3.46. The van der Waals surface area contributed by atoms with Gasteiger partial charge in [0.1, 0.15) is 17.3 Å². The van der Waals surface area contributed by atoms with E-state index in [1.165, 1.54) is 0 Å². The first-order chi connectivity index (χ1) is 10.6. The summed E-state index contributed by atoms with van der Waals surface area (Å²) in [6.07, 6.45) is 1.79. The van der Waals surface area contributed by atoms with E-state index in [4.69, 9.17) is 4.42 Å². The smallest absolute Gasteiger partial charge is 0.258 e. The number of aryl methyl sites for hydroxylation is 2. The molecule has 3 heterocycles. The lowest BCUT2D eigenvalue weighted by Crippen LogP contribution is -2.49. The maximum Gasteiger partial charge on any atom is 0.258 e. The standard InChI is InChI=1S/C16H18BrN3O2/c1-11-14(15(17)12(2)22-11)16(21)20-9-7-19(8-10-20)13-5-3-4-6-18-13/h3-6H,7-10H2,1-2H3. The van der Waals surface area contributed by atoms with Gasteiger partial charge in [0.25, 0.3) is 5.91 Å². The molecule has 0 N–H and O–H groups in total. The van der Waals surface area contributed by atoms with E-state index in [2.05, 4.69) is 25.8 Å². The molecule has 0 aromatic carbocycles. The van der Waals surface area contributed by atoms with Crippen LogP contribution in [0.15, 0.2) is 33.3 Å². The highest BCUT2D eigenvalue weighted by molar-refractivity contribution is 9.10. The number of carbonyl (C=O) groups excluding carboxylic acids is 1. The van der Waals surface area contributed by atoms with Gasteiger partial charge in [0.05, 0.1) is 10.0 Å². The van der Waals surface area contributed by atoms with Crippen LogP contribution in [-0.2, 0) is 0 Å². The Morgan fingerprint density at radius 2 is 1.91 bits per heavy atom. The Balaban J connectivity index is 1.70. The molecule has 0 aliphatic carbocycles. The van der Waals surface area contributed by atoms with Crippen LogP contribution in [0.4, 0.5) is 5.82 Å². The Kier molecular flexibility index (Phi) is 4.20. The van der Waals surface area contributed by atoms with Crippen molar-refractivity contribution >= 4 is 27.7 Å². The van der Waals surface area contributed by atoms with Crippen molar-refractivity contribution in [1.82, 2.24) is 9.88 Å². The van der Waals surface area contributed by atoms with Crippen LogP contribution in [0.3, 0.4) is 0 Å². The number of rotatable bonds is 2. The van der Waals surface area contributed by atoms with Gasteiger partial charge in [0.2, 0.25) is 0 Å². The molecule has 5 nitrogen and oxygen atoms in total. The number of anilines is 1. The summed E-state index contributed by atoms with van der Waals surface area (Å²) < 4.78 is 6.30. The molecular formula is C16H18BrN3O2. The quantitative estimate of drug-likeness (QED) is 0.822. The van der Waals surface area contributed by atoms with Crippen molar-refractivity contribution in [2.24, 2.45) is 0 Å². The van der Waals surface area contributed by atoms with Gasteiger partial charge in [-0.2, -0.15) is 0 Å². The van der Waals surface area contributed by atoms with E-state index < -0.39 is 0 Å². The average Bonchev–Trinajstić information content (AvgIpc) is 2.80. The highest BCUT2D eigenvalue weighted by Crippen LogP contribution is 2.29. The number of carbonyl (C=O) groups is 1. The molecule has 1 amide bonds. The van der Waals surface area contributed by atoms with Gasteiger partial charge in [-0.15, -0.1) is 0 Å². The lowest BCUT2D eigenvalue weighted by atomic mass is 10.2. The summed E-state index contributed by atoms with van der Waals surface area (Å²) in [6, 6.07) is 5.89. The number of amides is 1. The maximum absolute atomic E-state index is 12.7. The van der Waals surface area contributed by atoms with E-state index in [9.17, 15) is 4.79 Å². The highest BCUT2D eigenvalue weighted by Gasteiger charge is 2.27. The number of halogens is 1. The van der Waals surface area contributed by atoms with Crippen LogP contribution in [0.2, 0.25) is 0 Å². The van der Waals surface area contributed by atoms with Crippen molar-refractivity contribution < 1.29 is 9.21 Å². The van der Waals surface area contributed by atoms with Gasteiger partial charge in [-0.05, 0) is 41.9 Å². The van der Waals surface area contributed by atoms with Gasteiger partial charge in [-0.25, -0.2) is 4.98 Å². The van der Waals surface area contributed by atoms with Gasteiger partial charge in [-0.1, -0.05) is 6.07 Å². The third kappa shape index (κ3) is 2.75. The fourth-order valence-corrected chi connectivity index (χ4v) is 3.27. The summed E-state index contributed by atoms with van der Waals surface area (Å²) in [4.78, 5) is 21.1. The summed E-state index contributed by atoms with van der Waals surface area (Å²) in [7, 11) is 0. The number of piperazine rings is 1. The van der Waals surface area contributed by atoms with Gasteiger partial charge in [0, 0.05) is 32.4 Å². The van der Waals surface area contributed by atoms with E-state index >= 15 is 0 Å². The van der Waals surface area contributed by atoms with Gasteiger partial charge >= 0.3 is 0 Å². The van der Waals surface area contributed by atoms with Gasteiger partial charge in [-0.3, -0.25) is 4.79 Å². The number of nitrogens with zero attached hydrogens (tertiary/aromatic N) is 3. The monoisotopic (exact) mass is 363 g/mol. The Bertz CT molecular complexity index is 676. The van der Waals surface area contributed by atoms with Crippen molar-refractivity contribution in [2.75, 3.05) is 31.1 Å². The fraction of sp³-hybridized carbons (Fsp3) is 0.375. The van der Waals surface area contributed by atoms with Crippen LogP contribution >= 0.6 is 15.9 Å². The minimum atomic E-state index is 0.0295. The van der Waals surface area contributed by atoms with Crippen LogP contribution < -0.4 is 4.90 Å². The normalized spacial score (nSPS) is 15.2. The SMILES string of the molecule is Cc1oc(C)c(C(=O)N2CCN(c3ccccn3)CC2)c1Br. The Morgan fingerprint density at radius 1 is 1.18 bits per heavy atom. The van der Waals surface area contributed by atoms with E-state index in [1.807, 2.05) is 36.9 Å². The van der Waals surface area contributed by atoms with E-state index in [0.717, 1.165) is 29.1 Å². The third-order valence-electron chi connectivity index (χ3n) is 3.94. The number of hydrogen-bond acceptors (Lipinski definition) is 4. The zero-order valence-corrected chi connectivity index (χ0v) is 14.3. The summed E-state index contributed by atoms with van der Waals surface area (Å²) in [5.41, 5.74) is 0.642. The first-order valence-corrected chi connectivity index (χ1v) is 8.08. The van der Waals surface area contributed by atoms with Crippen molar-refractivity contribution in [1.29, 1.82) is 0 Å². The Labute approximate surface area is 138 Å². The molecule has 0 bridgehead atoms.